The maximum absolute atomic E-state index is 13.0. The van der Waals surface area contributed by atoms with Crippen LogP contribution in [-0.2, 0) is 0 Å². The van der Waals surface area contributed by atoms with Gasteiger partial charge >= 0.3 is 0 Å². The molecule has 16 heavy (non-hydrogen) atoms. The molecular formula is C11H5Br2FO2. The van der Waals surface area contributed by atoms with Gasteiger partial charge in [0.15, 0.2) is 10.5 Å². The number of carbonyl (C=O) groups is 1. The van der Waals surface area contributed by atoms with Gasteiger partial charge in [0, 0.05) is 5.56 Å². The van der Waals surface area contributed by atoms with E-state index >= 15 is 0 Å². The highest BCUT2D eigenvalue weighted by Crippen LogP contribution is 2.23. The Morgan fingerprint density at radius 3 is 2.56 bits per heavy atom. The van der Waals surface area contributed by atoms with Crippen molar-refractivity contribution < 1.29 is 13.6 Å². The smallest absolute Gasteiger partial charge is 0.197 e. The van der Waals surface area contributed by atoms with E-state index in [2.05, 4.69) is 31.9 Å². The maximum Gasteiger partial charge on any atom is 0.197 e. The molecular weight excluding hydrogens is 343 g/mol. The van der Waals surface area contributed by atoms with Gasteiger partial charge < -0.3 is 4.42 Å². The molecule has 0 atom stereocenters. The van der Waals surface area contributed by atoms with Crippen LogP contribution in [0.2, 0.25) is 0 Å². The molecule has 0 N–H and O–H groups in total. The molecule has 1 aromatic heterocycles. The summed E-state index contributed by atoms with van der Waals surface area (Å²) in [6, 6.07) is 5.67. The van der Waals surface area contributed by atoms with Crippen LogP contribution in [0.5, 0.6) is 0 Å². The lowest BCUT2D eigenvalue weighted by Gasteiger charge is -2.00. The molecule has 0 saturated heterocycles. The van der Waals surface area contributed by atoms with Gasteiger partial charge in [0.05, 0.1) is 16.3 Å². The predicted octanol–water partition coefficient (Wildman–Crippen LogP) is 4.17. The summed E-state index contributed by atoms with van der Waals surface area (Å²) in [6.45, 7) is 0. The lowest BCUT2D eigenvalue weighted by molar-refractivity contribution is 0.103. The Morgan fingerprint density at radius 1 is 1.25 bits per heavy atom. The molecule has 0 aliphatic heterocycles. The molecule has 0 spiro atoms. The molecule has 5 heteroatoms. The summed E-state index contributed by atoms with van der Waals surface area (Å²) < 4.78 is 18.6. The van der Waals surface area contributed by atoms with E-state index in [1.165, 1.54) is 24.5 Å². The number of furan rings is 1. The fourth-order valence-electron chi connectivity index (χ4n) is 1.25. The highest BCUT2D eigenvalue weighted by atomic mass is 79.9. The molecule has 0 aliphatic carbocycles. The van der Waals surface area contributed by atoms with Gasteiger partial charge in [-0.15, -0.1) is 0 Å². The first-order valence-corrected chi connectivity index (χ1v) is 5.91. The third-order valence-corrected chi connectivity index (χ3v) is 3.27. The van der Waals surface area contributed by atoms with Crippen LogP contribution < -0.4 is 0 Å². The largest absolute Gasteiger partial charge is 0.457 e. The van der Waals surface area contributed by atoms with E-state index in [4.69, 9.17) is 4.42 Å². The molecule has 0 bridgehead atoms. The zero-order valence-corrected chi connectivity index (χ0v) is 11.0. The van der Waals surface area contributed by atoms with Crippen LogP contribution in [0, 0.1) is 5.82 Å². The second-order valence-corrected chi connectivity index (χ2v) is 4.64. The highest BCUT2D eigenvalue weighted by molar-refractivity contribution is 9.10. The molecule has 0 saturated carbocycles. The Hall–Kier alpha value is -0.940. The number of halogens is 3. The van der Waals surface area contributed by atoms with Crippen molar-refractivity contribution in [1.82, 2.24) is 0 Å². The van der Waals surface area contributed by atoms with E-state index in [0.717, 1.165) is 0 Å². The van der Waals surface area contributed by atoms with Crippen molar-refractivity contribution in [3.8, 4) is 0 Å². The van der Waals surface area contributed by atoms with Crippen molar-refractivity contribution in [3.05, 3.63) is 56.6 Å². The van der Waals surface area contributed by atoms with E-state index in [0.29, 0.717) is 15.8 Å². The van der Waals surface area contributed by atoms with E-state index in [1.807, 2.05) is 0 Å². The zero-order chi connectivity index (χ0) is 11.7. The Kier molecular flexibility index (Phi) is 3.25. The van der Waals surface area contributed by atoms with Crippen LogP contribution in [0.3, 0.4) is 0 Å². The molecule has 0 fully saturated rings. The fraction of sp³-hybridized carbons (Fsp3) is 0. The monoisotopic (exact) mass is 346 g/mol. The number of carbonyl (C=O) groups excluding carboxylic acids is 1. The molecule has 0 unspecified atom stereocenters. The third-order valence-electron chi connectivity index (χ3n) is 2.04. The summed E-state index contributed by atoms with van der Waals surface area (Å²) in [5, 5.41) is 0. The Bertz CT molecular complexity index is 549. The average molecular weight is 348 g/mol. The van der Waals surface area contributed by atoms with Gasteiger partial charge in [-0.25, -0.2) is 4.39 Å². The topological polar surface area (TPSA) is 30.2 Å². The molecule has 0 amide bonds. The SMILES string of the molecule is O=C(c1ccc(F)c(Br)c1)c1ccoc1Br. The summed E-state index contributed by atoms with van der Waals surface area (Å²) in [5.41, 5.74) is 0.814. The number of hydrogen-bond donors (Lipinski definition) is 0. The Labute approximate surface area is 108 Å². The van der Waals surface area contributed by atoms with Crippen LogP contribution in [0.1, 0.15) is 15.9 Å². The first-order chi connectivity index (χ1) is 7.59. The Balaban J connectivity index is 2.42. The molecule has 0 aliphatic rings. The fourth-order valence-corrected chi connectivity index (χ4v) is 2.05. The van der Waals surface area contributed by atoms with Gasteiger partial charge in [-0.1, -0.05) is 0 Å². The number of ketones is 1. The second kappa shape index (κ2) is 4.51. The summed E-state index contributed by atoms with van der Waals surface area (Å²) in [5.74, 6) is -0.621. The lowest BCUT2D eigenvalue weighted by atomic mass is 10.1. The van der Waals surface area contributed by atoms with E-state index in [1.54, 1.807) is 6.07 Å². The van der Waals surface area contributed by atoms with Gasteiger partial charge in [0.2, 0.25) is 0 Å². The van der Waals surface area contributed by atoms with Crippen LogP contribution in [-0.4, -0.2) is 5.78 Å². The van der Waals surface area contributed by atoms with E-state index < -0.39 is 5.82 Å². The summed E-state index contributed by atoms with van der Waals surface area (Å²) in [6.07, 6.45) is 1.41. The Morgan fingerprint density at radius 2 is 2.00 bits per heavy atom. The number of benzene rings is 1. The summed E-state index contributed by atoms with van der Waals surface area (Å²) in [7, 11) is 0. The molecule has 1 heterocycles. The van der Waals surface area contributed by atoms with Crippen LogP contribution in [0.25, 0.3) is 0 Å². The van der Waals surface area contributed by atoms with Crippen LogP contribution in [0.4, 0.5) is 4.39 Å². The van der Waals surface area contributed by atoms with E-state index in [-0.39, 0.29) is 10.3 Å². The third kappa shape index (κ3) is 2.10. The van der Waals surface area contributed by atoms with Crippen LogP contribution in [0.15, 0.2) is 44.1 Å². The van der Waals surface area contributed by atoms with Gasteiger partial charge in [-0.05, 0) is 56.1 Å². The van der Waals surface area contributed by atoms with Gasteiger partial charge in [-0.3, -0.25) is 4.79 Å². The predicted molar refractivity (Wildman–Crippen MR) is 63.9 cm³/mol. The summed E-state index contributed by atoms with van der Waals surface area (Å²) in [4.78, 5) is 12.0. The lowest BCUT2D eigenvalue weighted by Crippen LogP contribution is -2.00. The van der Waals surface area contributed by atoms with Crippen molar-refractivity contribution in [2.24, 2.45) is 0 Å². The van der Waals surface area contributed by atoms with Crippen molar-refractivity contribution in [2.75, 3.05) is 0 Å². The van der Waals surface area contributed by atoms with E-state index in [9.17, 15) is 9.18 Å². The van der Waals surface area contributed by atoms with Crippen molar-refractivity contribution in [1.29, 1.82) is 0 Å². The second-order valence-electron chi connectivity index (χ2n) is 3.07. The summed E-state index contributed by atoms with van der Waals surface area (Å²) >= 11 is 6.16. The van der Waals surface area contributed by atoms with Gasteiger partial charge in [0.25, 0.3) is 0 Å². The first kappa shape index (κ1) is 11.5. The molecule has 0 radical (unpaired) electrons. The van der Waals surface area contributed by atoms with Gasteiger partial charge in [0.1, 0.15) is 5.82 Å². The molecule has 2 rings (SSSR count). The minimum absolute atomic E-state index is 0.221. The quantitative estimate of drug-likeness (QED) is 0.763. The highest BCUT2D eigenvalue weighted by Gasteiger charge is 2.15. The zero-order valence-electron chi connectivity index (χ0n) is 7.84. The minimum atomic E-state index is -0.400. The maximum atomic E-state index is 13.0. The first-order valence-electron chi connectivity index (χ1n) is 4.32. The van der Waals surface area contributed by atoms with Crippen molar-refractivity contribution in [2.45, 2.75) is 0 Å². The normalized spacial score (nSPS) is 10.4. The molecule has 2 nitrogen and oxygen atoms in total. The van der Waals surface area contributed by atoms with Crippen LogP contribution >= 0.6 is 31.9 Å². The minimum Gasteiger partial charge on any atom is -0.457 e. The number of hydrogen-bond acceptors (Lipinski definition) is 2. The van der Waals surface area contributed by atoms with Crippen molar-refractivity contribution >= 4 is 37.6 Å². The van der Waals surface area contributed by atoms with Crippen molar-refractivity contribution in [3.63, 3.8) is 0 Å². The standard InChI is InChI=1S/C11H5Br2FO2/c12-8-5-6(1-2-9(8)14)10(15)7-3-4-16-11(7)13/h1-5H. The average Bonchev–Trinajstić information content (AvgIpc) is 2.67. The molecule has 82 valence electrons. The molecule has 2 aromatic rings. The number of rotatable bonds is 2. The molecule has 1 aromatic carbocycles. The van der Waals surface area contributed by atoms with Gasteiger partial charge in [-0.2, -0.15) is 0 Å².